The Balaban J connectivity index is 1.64. The van der Waals surface area contributed by atoms with Crippen LogP contribution >= 0.6 is 39.0 Å². The Kier molecular flexibility index (Phi) is 5.34. The van der Waals surface area contributed by atoms with Gasteiger partial charge in [-0.25, -0.2) is 4.98 Å². The van der Waals surface area contributed by atoms with Gasteiger partial charge in [0.05, 0.1) is 24.2 Å². The lowest BCUT2D eigenvalue weighted by atomic mass is 10.2. The fourth-order valence-electron chi connectivity index (χ4n) is 2.01. The van der Waals surface area contributed by atoms with E-state index in [-0.39, 0.29) is 0 Å². The topological polar surface area (TPSA) is 61.0 Å². The fraction of sp³-hybridized carbons (Fsp3) is 0.267. The lowest BCUT2D eigenvalue weighted by Gasteiger charge is -2.07. The molecule has 8 heteroatoms. The number of methoxy groups -OCH3 is 1. The molecule has 0 saturated carbocycles. The van der Waals surface area contributed by atoms with Crippen LogP contribution in [-0.2, 0) is 12.2 Å². The number of hydrogen-bond acceptors (Lipinski definition) is 7. The van der Waals surface area contributed by atoms with Gasteiger partial charge in [-0.05, 0) is 25.1 Å². The van der Waals surface area contributed by atoms with Crippen molar-refractivity contribution in [2.24, 2.45) is 0 Å². The van der Waals surface area contributed by atoms with E-state index in [0.717, 1.165) is 26.5 Å². The van der Waals surface area contributed by atoms with E-state index in [2.05, 4.69) is 31.1 Å². The molecule has 0 radical (unpaired) electrons. The lowest BCUT2D eigenvalue weighted by Crippen LogP contribution is -1.90. The molecule has 3 aromatic rings. The third-order valence-electron chi connectivity index (χ3n) is 3.04. The molecule has 0 bridgehead atoms. The highest BCUT2D eigenvalue weighted by Gasteiger charge is 2.11. The quantitative estimate of drug-likeness (QED) is 0.556. The van der Waals surface area contributed by atoms with Crippen molar-refractivity contribution in [2.45, 2.75) is 24.3 Å². The van der Waals surface area contributed by atoms with Gasteiger partial charge in [-0.3, -0.25) is 0 Å². The number of thioether (sulfide) groups is 1. The van der Waals surface area contributed by atoms with Gasteiger partial charge in [0.25, 0.3) is 5.22 Å². The standard InChI is InChI=1S/C15H14BrN3O2S2/c1-9-17-12(8-22-9)6-14-18-19-15(21-14)23-7-10-5-11(16)3-4-13(10)20-2/h3-5,8H,6-7H2,1-2H3. The SMILES string of the molecule is COc1ccc(Br)cc1CSc1nnc(Cc2csc(C)n2)o1. The van der Waals surface area contributed by atoms with Gasteiger partial charge in [0, 0.05) is 21.2 Å². The van der Waals surface area contributed by atoms with Gasteiger partial charge in [-0.15, -0.1) is 21.5 Å². The summed E-state index contributed by atoms with van der Waals surface area (Å²) in [7, 11) is 1.66. The first-order chi connectivity index (χ1) is 11.1. The Morgan fingerprint density at radius 3 is 2.96 bits per heavy atom. The van der Waals surface area contributed by atoms with Gasteiger partial charge in [-0.1, -0.05) is 27.7 Å². The Morgan fingerprint density at radius 2 is 2.22 bits per heavy atom. The van der Waals surface area contributed by atoms with Crippen LogP contribution in [0.4, 0.5) is 0 Å². The van der Waals surface area contributed by atoms with Crippen molar-refractivity contribution in [3.05, 3.63) is 50.2 Å². The van der Waals surface area contributed by atoms with Crippen LogP contribution in [0.1, 0.15) is 22.2 Å². The molecular weight excluding hydrogens is 398 g/mol. The summed E-state index contributed by atoms with van der Waals surface area (Å²) in [6, 6.07) is 5.92. The van der Waals surface area contributed by atoms with Crippen molar-refractivity contribution in [1.82, 2.24) is 15.2 Å². The van der Waals surface area contributed by atoms with Crippen LogP contribution in [0, 0.1) is 6.92 Å². The smallest absolute Gasteiger partial charge is 0.276 e. The molecule has 1 aromatic carbocycles. The van der Waals surface area contributed by atoms with E-state index in [1.807, 2.05) is 30.5 Å². The highest BCUT2D eigenvalue weighted by atomic mass is 79.9. The van der Waals surface area contributed by atoms with Gasteiger partial charge in [0.15, 0.2) is 0 Å². The first-order valence-corrected chi connectivity index (χ1v) is 9.48. The van der Waals surface area contributed by atoms with Crippen LogP contribution in [-0.4, -0.2) is 22.3 Å². The third kappa shape index (κ3) is 4.33. The minimum absolute atomic E-state index is 0.550. The summed E-state index contributed by atoms with van der Waals surface area (Å²) in [4.78, 5) is 4.40. The molecule has 5 nitrogen and oxygen atoms in total. The molecule has 0 atom stereocenters. The first-order valence-electron chi connectivity index (χ1n) is 6.82. The van der Waals surface area contributed by atoms with Crippen molar-refractivity contribution in [1.29, 1.82) is 0 Å². The van der Waals surface area contributed by atoms with Gasteiger partial charge < -0.3 is 9.15 Å². The number of aromatic nitrogens is 3. The molecule has 0 spiro atoms. The molecule has 0 aliphatic rings. The van der Waals surface area contributed by atoms with E-state index >= 15 is 0 Å². The summed E-state index contributed by atoms with van der Waals surface area (Å²) in [6.45, 7) is 1.98. The number of rotatable bonds is 6. The Hall–Kier alpha value is -1.38. The molecule has 2 aromatic heterocycles. The van der Waals surface area contributed by atoms with Crippen molar-refractivity contribution in [3.63, 3.8) is 0 Å². The molecule has 23 heavy (non-hydrogen) atoms. The second-order valence-corrected chi connectivity index (χ2v) is 7.65. The maximum atomic E-state index is 5.68. The summed E-state index contributed by atoms with van der Waals surface area (Å²) in [5.41, 5.74) is 2.03. The van der Waals surface area contributed by atoms with Crippen LogP contribution in [0.3, 0.4) is 0 Å². The number of nitrogens with zero attached hydrogens (tertiary/aromatic N) is 3. The highest BCUT2D eigenvalue weighted by Crippen LogP contribution is 2.29. The van der Waals surface area contributed by atoms with Gasteiger partial charge in [0.1, 0.15) is 5.75 Å². The van der Waals surface area contributed by atoms with Gasteiger partial charge in [0.2, 0.25) is 5.89 Å². The van der Waals surface area contributed by atoms with E-state index in [9.17, 15) is 0 Å². The monoisotopic (exact) mass is 411 g/mol. The number of benzene rings is 1. The zero-order valence-corrected chi connectivity index (χ0v) is 15.8. The molecule has 0 saturated heterocycles. The first kappa shape index (κ1) is 16.5. The molecule has 2 heterocycles. The molecule has 0 N–H and O–H groups in total. The Bertz CT molecular complexity index is 804. The van der Waals surface area contributed by atoms with Crippen LogP contribution in [0.5, 0.6) is 5.75 Å². The van der Waals surface area contributed by atoms with Crippen molar-refractivity contribution >= 4 is 39.0 Å². The van der Waals surface area contributed by atoms with E-state index < -0.39 is 0 Å². The average Bonchev–Trinajstić information content (AvgIpc) is 3.15. The number of halogens is 1. The van der Waals surface area contributed by atoms with Crippen LogP contribution < -0.4 is 4.74 Å². The summed E-state index contributed by atoms with van der Waals surface area (Å²) >= 11 is 6.58. The van der Waals surface area contributed by atoms with E-state index in [1.165, 1.54) is 11.8 Å². The number of aryl methyl sites for hydroxylation is 1. The number of hydrogen-bond donors (Lipinski definition) is 0. The van der Waals surface area contributed by atoms with Crippen molar-refractivity contribution in [2.75, 3.05) is 7.11 Å². The molecule has 120 valence electrons. The van der Waals surface area contributed by atoms with Crippen molar-refractivity contribution < 1.29 is 9.15 Å². The van der Waals surface area contributed by atoms with Crippen LogP contribution in [0.2, 0.25) is 0 Å². The van der Waals surface area contributed by atoms with Crippen LogP contribution in [0.25, 0.3) is 0 Å². The Morgan fingerprint density at radius 1 is 1.35 bits per heavy atom. The highest BCUT2D eigenvalue weighted by molar-refractivity contribution is 9.10. The van der Waals surface area contributed by atoms with Crippen LogP contribution in [0.15, 0.2) is 37.7 Å². The normalized spacial score (nSPS) is 10.9. The summed E-state index contributed by atoms with van der Waals surface area (Å²) in [5.74, 6) is 2.12. The predicted molar refractivity (Wildman–Crippen MR) is 94.2 cm³/mol. The molecular formula is C15H14BrN3O2S2. The average molecular weight is 412 g/mol. The largest absolute Gasteiger partial charge is 0.496 e. The number of thiazole rings is 1. The predicted octanol–water partition coefficient (Wildman–Crippen LogP) is 4.49. The van der Waals surface area contributed by atoms with Gasteiger partial charge >= 0.3 is 0 Å². The summed E-state index contributed by atoms with van der Waals surface area (Å²) < 4.78 is 12.1. The minimum atomic E-state index is 0.550. The van der Waals surface area contributed by atoms with E-state index in [1.54, 1.807) is 18.4 Å². The maximum absolute atomic E-state index is 5.68. The zero-order valence-electron chi connectivity index (χ0n) is 12.6. The minimum Gasteiger partial charge on any atom is -0.496 e. The number of ether oxygens (including phenoxy) is 1. The van der Waals surface area contributed by atoms with E-state index in [0.29, 0.717) is 23.3 Å². The molecule has 3 rings (SSSR count). The molecule has 0 amide bonds. The molecule has 0 fully saturated rings. The second-order valence-electron chi connectivity index (χ2n) is 4.74. The summed E-state index contributed by atoms with van der Waals surface area (Å²) in [6.07, 6.45) is 0.568. The zero-order chi connectivity index (χ0) is 16.2. The Labute approximate surface area is 150 Å². The molecule has 0 unspecified atom stereocenters. The summed E-state index contributed by atoms with van der Waals surface area (Å²) in [5, 5.41) is 11.8. The third-order valence-corrected chi connectivity index (χ3v) is 5.22. The van der Waals surface area contributed by atoms with Gasteiger partial charge in [-0.2, -0.15) is 0 Å². The van der Waals surface area contributed by atoms with Crippen molar-refractivity contribution in [3.8, 4) is 5.75 Å². The fourth-order valence-corrected chi connectivity index (χ4v) is 3.79. The second kappa shape index (κ2) is 7.46. The van der Waals surface area contributed by atoms with E-state index in [4.69, 9.17) is 9.15 Å². The lowest BCUT2D eigenvalue weighted by molar-refractivity contribution is 0.410. The molecule has 0 aliphatic carbocycles. The molecule has 0 aliphatic heterocycles. The maximum Gasteiger partial charge on any atom is 0.276 e.